The van der Waals surface area contributed by atoms with Crippen molar-refractivity contribution in [2.45, 2.75) is 128 Å². The summed E-state index contributed by atoms with van der Waals surface area (Å²) >= 11 is 0. The van der Waals surface area contributed by atoms with E-state index in [-0.39, 0.29) is 0 Å². The van der Waals surface area contributed by atoms with Crippen LogP contribution < -0.4 is 11.5 Å². The fraction of sp³-hybridized carbons (Fsp3) is 1.00. The molecule has 0 heterocycles. The third-order valence-corrected chi connectivity index (χ3v) is 7.87. The topological polar surface area (TPSA) is 92.5 Å². The lowest BCUT2D eigenvalue weighted by Gasteiger charge is -2.17. The molecule has 0 aliphatic carbocycles. The van der Waals surface area contributed by atoms with Crippen molar-refractivity contribution in [1.29, 1.82) is 0 Å². The first-order valence-corrected chi connectivity index (χ1v) is 14.3. The predicted molar refractivity (Wildman–Crippen MR) is 121 cm³/mol. The van der Waals surface area contributed by atoms with Crippen molar-refractivity contribution in [1.82, 2.24) is 0 Å². The number of hydrogen-bond donors (Lipinski definition) is 4. The van der Waals surface area contributed by atoms with Gasteiger partial charge in [0.2, 0.25) is 0 Å². The van der Waals surface area contributed by atoms with Crippen LogP contribution in [0.4, 0.5) is 0 Å². The van der Waals surface area contributed by atoms with Gasteiger partial charge in [0, 0.05) is 0 Å². The van der Waals surface area contributed by atoms with Gasteiger partial charge in [-0.3, -0.25) is 0 Å². The molecular formula is C22H50N2O2Si. The van der Waals surface area contributed by atoms with Crippen LogP contribution >= 0.6 is 0 Å². The third kappa shape index (κ3) is 22.2. The zero-order valence-electron chi connectivity index (χ0n) is 18.1. The van der Waals surface area contributed by atoms with Crippen LogP contribution in [-0.4, -0.2) is 31.2 Å². The molecule has 0 aliphatic rings. The SMILES string of the molecule is NCCCCCCCCCCC[Si](O)(O)CCCCCCCCCCCN. The number of hydrogen-bond acceptors (Lipinski definition) is 4. The van der Waals surface area contributed by atoms with Crippen LogP contribution in [0.15, 0.2) is 0 Å². The molecule has 0 atom stereocenters. The molecule has 0 aromatic carbocycles. The van der Waals surface area contributed by atoms with Crippen molar-refractivity contribution in [2.75, 3.05) is 13.1 Å². The van der Waals surface area contributed by atoms with E-state index in [0.717, 1.165) is 51.6 Å². The molecule has 0 spiro atoms. The summed E-state index contributed by atoms with van der Waals surface area (Å²) in [4.78, 5) is 20.5. The fourth-order valence-corrected chi connectivity index (χ4v) is 5.59. The number of rotatable bonds is 22. The number of nitrogens with two attached hydrogens (primary N) is 2. The molecule has 4 nitrogen and oxygen atoms in total. The molecule has 0 bridgehead atoms. The summed E-state index contributed by atoms with van der Waals surface area (Å²) in [7, 11) is -2.91. The summed E-state index contributed by atoms with van der Waals surface area (Å²) in [6, 6.07) is 1.34. The molecule has 5 heteroatoms. The zero-order valence-corrected chi connectivity index (χ0v) is 19.1. The molecule has 6 N–H and O–H groups in total. The molecule has 0 aromatic rings. The zero-order chi connectivity index (χ0) is 20.1. The second-order valence-corrected chi connectivity index (χ2v) is 11.4. The fourth-order valence-electron chi connectivity index (χ4n) is 3.70. The van der Waals surface area contributed by atoms with E-state index in [1.165, 1.54) is 77.0 Å². The Morgan fingerprint density at radius 3 is 0.852 bits per heavy atom. The van der Waals surface area contributed by atoms with E-state index in [9.17, 15) is 9.59 Å². The van der Waals surface area contributed by atoms with Crippen molar-refractivity contribution in [3.63, 3.8) is 0 Å². The van der Waals surface area contributed by atoms with Gasteiger partial charge in [0.1, 0.15) is 0 Å². The molecule has 0 unspecified atom stereocenters. The Kier molecular flexibility index (Phi) is 20.8. The van der Waals surface area contributed by atoms with Crippen molar-refractivity contribution >= 4 is 8.56 Å². The molecule has 0 saturated carbocycles. The molecule has 164 valence electrons. The lowest BCUT2D eigenvalue weighted by Crippen LogP contribution is -2.33. The van der Waals surface area contributed by atoms with Gasteiger partial charge >= 0.3 is 8.56 Å². The highest BCUT2D eigenvalue weighted by Gasteiger charge is 2.27. The molecular weight excluding hydrogens is 352 g/mol. The van der Waals surface area contributed by atoms with Crippen molar-refractivity contribution in [3.05, 3.63) is 0 Å². The normalized spacial score (nSPS) is 12.0. The van der Waals surface area contributed by atoms with Crippen molar-refractivity contribution < 1.29 is 9.59 Å². The summed E-state index contributed by atoms with van der Waals surface area (Å²) in [5.41, 5.74) is 11.0. The average molecular weight is 403 g/mol. The molecule has 0 aliphatic heterocycles. The maximum absolute atomic E-state index is 10.2. The standard InChI is InChI=1S/C22H50N2O2Si/c23-19-15-11-7-3-1-5-9-13-17-21-27(25,26)22-18-14-10-6-2-4-8-12-16-20-24/h25-26H,1-24H2. The minimum absolute atomic E-state index is 0.671. The van der Waals surface area contributed by atoms with Gasteiger partial charge in [0.25, 0.3) is 0 Å². The van der Waals surface area contributed by atoms with Crippen LogP contribution in [0.3, 0.4) is 0 Å². The van der Waals surface area contributed by atoms with Gasteiger partial charge in [-0.25, -0.2) is 0 Å². The van der Waals surface area contributed by atoms with Gasteiger partial charge in [-0.1, -0.05) is 103 Å². The third-order valence-electron chi connectivity index (χ3n) is 5.56. The smallest absolute Gasteiger partial charge is 0.332 e. The van der Waals surface area contributed by atoms with E-state index in [0.29, 0.717) is 12.1 Å². The highest BCUT2D eigenvalue weighted by Crippen LogP contribution is 2.19. The summed E-state index contributed by atoms with van der Waals surface area (Å²) in [5.74, 6) is 0. The van der Waals surface area contributed by atoms with Gasteiger partial charge in [0.15, 0.2) is 0 Å². The summed E-state index contributed by atoms with van der Waals surface area (Å²) < 4.78 is 0. The lowest BCUT2D eigenvalue weighted by atomic mass is 10.1. The Morgan fingerprint density at radius 1 is 0.370 bits per heavy atom. The van der Waals surface area contributed by atoms with E-state index in [2.05, 4.69) is 0 Å². The van der Waals surface area contributed by atoms with Gasteiger partial charge in [-0.05, 0) is 38.0 Å². The second kappa shape index (κ2) is 20.8. The van der Waals surface area contributed by atoms with Crippen LogP contribution in [0, 0.1) is 0 Å². The highest BCUT2D eigenvalue weighted by atomic mass is 28.4. The lowest BCUT2D eigenvalue weighted by molar-refractivity contribution is 0.350. The molecule has 0 amide bonds. The van der Waals surface area contributed by atoms with Gasteiger partial charge in [0.05, 0.1) is 0 Å². The Morgan fingerprint density at radius 2 is 0.593 bits per heavy atom. The quantitative estimate of drug-likeness (QED) is 0.145. The predicted octanol–water partition coefficient (Wildman–Crippen LogP) is 5.35. The molecule has 0 rings (SSSR count). The first kappa shape index (κ1) is 27.1. The Hall–Kier alpha value is 0.0569. The van der Waals surface area contributed by atoms with E-state index in [1.54, 1.807) is 0 Å². The van der Waals surface area contributed by atoms with Crippen LogP contribution in [-0.2, 0) is 0 Å². The monoisotopic (exact) mass is 402 g/mol. The van der Waals surface area contributed by atoms with Gasteiger partial charge < -0.3 is 21.1 Å². The van der Waals surface area contributed by atoms with Crippen LogP contribution in [0.25, 0.3) is 0 Å². The van der Waals surface area contributed by atoms with Crippen LogP contribution in [0.2, 0.25) is 12.1 Å². The molecule has 27 heavy (non-hydrogen) atoms. The first-order valence-electron chi connectivity index (χ1n) is 12.0. The van der Waals surface area contributed by atoms with Gasteiger partial charge in [-0.15, -0.1) is 0 Å². The molecule has 0 aromatic heterocycles. The van der Waals surface area contributed by atoms with Gasteiger partial charge in [-0.2, -0.15) is 0 Å². The summed E-state index contributed by atoms with van der Waals surface area (Å²) in [6.45, 7) is 1.65. The van der Waals surface area contributed by atoms with Crippen molar-refractivity contribution in [2.24, 2.45) is 11.5 Å². The Labute approximate surface area is 170 Å². The second-order valence-electron chi connectivity index (χ2n) is 8.42. The van der Waals surface area contributed by atoms with Crippen molar-refractivity contribution in [3.8, 4) is 0 Å². The largest absolute Gasteiger partial charge is 0.411 e. The highest BCUT2D eigenvalue weighted by molar-refractivity contribution is 6.64. The maximum Gasteiger partial charge on any atom is 0.332 e. The Balaban J connectivity index is 3.31. The van der Waals surface area contributed by atoms with E-state index < -0.39 is 8.56 Å². The summed E-state index contributed by atoms with van der Waals surface area (Å²) in [6.07, 6.45) is 22.2. The molecule has 0 saturated heterocycles. The first-order chi connectivity index (χ1) is 13.1. The average Bonchev–Trinajstić information content (AvgIpc) is 2.64. The van der Waals surface area contributed by atoms with E-state index in [1.807, 2.05) is 0 Å². The Bertz CT molecular complexity index is 265. The van der Waals surface area contributed by atoms with Crippen LogP contribution in [0.1, 0.15) is 116 Å². The van der Waals surface area contributed by atoms with E-state index >= 15 is 0 Å². The van der Waals surface area contributed by atoms with E-state index in [4.69, 9.17) is 11.5 Å². The minimum atomic E-state index is -2.91. The maximum atomic E-state index is 10.2. The van der Waals surface area contributed by atoms with Crippen LogP contribution in [0.5, 0.6) is 0 Å². The summed E-state index contributed by atoms with van der Waals surface area (Å²) in [5, 5.41) is 0. The molecule has 0 fully saturated rings. The molecule has 0 radical (unpaired) electrons. The minimum Gasteiger partial charge on any atom is -0.411 e. The number of unbranched alkanes of at least 4 members (excludes halogenated alkanes) is 16.